The van der Waals surface area contributed by atoms with Gasteiger partial charge in [-0.2, -0.15) is 66.7 Å². The van der Waals surface area contributed by atoms with Crippen LogP contribution in [0.5, 0.6) is 0 Å². The van der Waals surface area contributed by atoms with E-state index in [4.69, 9.17) is 18.5 Å². The van der Waals surface area contributed by atoms with Crippen LogP contribution in [0, 0.1) is 11.3 Å². The van der Waals surface area contributed by atoms with E-state index in [1.54, 1.807) is 6.07 Å². The van der Waals surface area contributed by atoms with Crippen molar-refractivity contribution in [3.05, 3.63) is 143 Å². The summed E-state index contributed by atoms with van der Waals surface area (Å²) in [6, 6.07) is 20.7. The first-order chi connectivity index (χ1) is 41.4. The molecule has 4 N–H and O–H groups in total. The van der Waals surface area contributed by atoms with E-state index in [1.807, 2.05) is 5.32 Å². The summed E-state index contributed by atoms with van der Waals surface area (Å²) >= 11 is -1.26. The number of hydrogen-bond acceptors (Lipinski definition) is 21. The van der Waals surface area contributed by atoms with E-state index in [9.17, 15) is 80.6 Å². The predicted octanol–water partition coefficient (Wildman–Crippen LogP) is 14.7. The van der Waals surface area contributed by atoms with Gasteiger partial charge in [-0.25, -0.2) is 0 Å². The highest BCUT2D eigenvalue weighted by atomic mass is 32.2. The van der Waals surface area contributed by atoms with Crippen molar-refractivity contribution in [2.75, 3.05) is 21.3 Å². The van der Waals surface area contributed by atoms with E-state index in [0.29, 0.717) is 11.8 Å². The molecule has 2 saturated carbocycles. The van der Waals surface area contributed by atoms with Gasteiger partial charge in [0.1, 0.15) is 0 Å². The number of nitrogens with one attached hydrogen (secondary N) is 4. The number of anilines is 4. The molecule has 0 unspecified atom stereocenters. The molecule has 2 aliphatic rings. The summed E-state index contributed by atoms with van der Waals surface area (Å²) in [5.74, 6) is -2.67. The van der Waals surface area contributed by atoms with Gasteiger partial charge >= 0.3 is 58.4 Å². The molecule has 21 nitrogen and oxygen atoms in total. The lowest BCUT2D eigenvalue weighted by molar-refractivity contribution is -0.0337. The maximum absolute atomic E-state index is 12.4. The fraction of sp³-hybridized carbons (Fsp3) is 0.245. The number of hydrogen-bond donors (Lipinski definition) is 4. The van der Waals surface area contributed by atoms with Crippen LogP contribution in [0.25, 0.3) is 0 Å². The maximum atomic E-state index is 12.4. The number of amides is 4. The second kappa shape index (κ2) is 29.3. The number of nitrogens with zero attached hydrogens (tertiary/aromatic N) is 9. The first kappa shape index (κ1) is 66.8. The number of alkyl halides is 14. The normalized spacial score (nSPS) is 13.2. The van der Waals surface area contributed by atoms with Crippen LogP contribution >= 0.6 is 47.0 Å². The van der Waals surface area contributed by atoms with Crippen molar-refractivity contribution in [3.63, 3.8) is 0 Å². The first-order valence-corrected chi connectivity index (χ1v) is 27.4. The molecule has 0 spiro atoms. The predicted molar refractivity (Wildman–Crippen MR) is 281 cm³/mol. The molecule has 0 bridgehead atoms. The first-order valence-electron chi connectivity index (χ1n) is 24.1. The second-order valence-corrected chi connectivity index (χ2v) is 21.7. The molecule has 4 heterocycles. The summed E-state index contributed by atoms with van der Waals surface area (Å²) in [5, 5.41) is 45.4. The molecule has 0 saturated heterocycles. The third kappa shape index (κ3) is 22.2. The molecule has 464 valence electrons. The van der Waals surface area contributed by atoms with Gasteiger partial charge in [-0.3, -0.25) is 40.4 Å². The molecule has 2 aliphatic carbocycles. The lowest BCUT2D eigenvalue weighted by Gasteiger charge is -2.20. The van der Waals surface area contributed by atoms with Crippen LogP contribution in [0.15, 0.2) is 134 Å². The largest absolute Gasteiger partial charge is 0.446 e. The average molecular weight is 1330 g/mol. The summed E-state index contributed by atoms with van der Waals surface area (Å²) in [6.45, 7) is 0. The number of benzene rings is 4. The zero-order valence-electron chi connectivity index (χ0n) is 43.2. The summed E-state index contributed by atoms with van der Waals surface area (Å²) in [5.41, 5.74) is -17.7. The molecule has 0 radical (unpaired) electrons. The molecule has 4 aromatic heterocycles. The van der Waals surface area contributed by atoms with Crippen LogP contribution < -0.4 is 21.3 Å². The van der Waals surface area contributed by atoms with Crippen LogP contribution in [0.2, 0.25) is 0 Å². The van der Waals surface area contributed by atoms with Crippen LogP contribution in [0.4, 0.5) is 85.5 Å². The number of carbonyl (C=O) groups excluding carboxylic acids is 4. The molecule has 8 aromatic rings. The Kier molecular flexibility index (Phi) is 22.2. The standard InChI is InChI=1S/C14H12F3N3O2S.C13H10F3N3O2S.C11H6F5N3O2S.C11H5F3N4O2S/c15-14(16,17)23-10-6-2-5-9(7-10)11(21)18-13-20-19-12(22-13)8-3-1-4-8;14-13(15,16)22-9-3-1-2-8(6-9)10(20)17-12-19-18-11(21-12)7-4-5-7;12-7(13)9-18-19-10(21-9)17-8(20)5-2-1-3-6(4-5)22-11(14,15)16;12-11(13,14)21-7-3-1-2-6(4-7)9(19)16-10-18-17-8(5-15)20-10/h2,5-8H,1,3-4H2,(H,18,20,21);1-3,6-7H,4-5H2,(H,17,19,20);1-4,7H,(H,17,19,20);1-4H,(H,16,18,19). The zero-order chi connectivity index (χ0) is 64.0. The van der Waals surface area contributed by atoms with Crippen LogP contribution in [-0.4, -0.2) is 86.5 Å². The highest BCUT2D eigenvalue weighted by molar-refractivity contribution is 8.00. The van der Waals surface area contributed by atoms with Gasteiger partial charge in [-0.1, -0.05) is 56.2 Å². The number of halogens is 14. The molecule has 4 amide bonds. The quantitative estimate of drug-likeness (QED) is 0.0548. The Morgan fingerprint density at radius 3 is 1.02 bits per heavy atom. The van der Waals surface area contributed by atoms with Gasteiger partial charge < -0.3 is 17.7 Å². The van der Waals surface area contributed by atoms with E-state index in [0.717, 1.165) is 56.4 Å². The highest BCUT2D eigenvalue weighted by Crippen LogP contribution is 2.42. The van der Waals surface area contributed by atoms with Gasteiger partial charge in [0, 0.05) is 53.7 Å². The smallest absolute Gasteiger partial charge is 0.408 e. The van der Waals surface area contributed by atoms with Crippen LogP contribution in [0.1, 0.15) is 115 Å². The molecular weight excluding hydrogens is 1290 g/mol. The third-order valence-corrected chi connectivity index (χ3v) is 13.5. The highest BCUT2D eigenvalue weighted by Gasteiger charge is 2.34. The van der Waals surface area contributed by atoms with Crippen LogP contribution in [0.3, 0.4) is 0 Å². The number of carbonyl (C=O) groups is 4. The Bertz CT molecular complexity index is 3640. The second-order valence-electron chi connectivity index (χ2n) is 17.2. The summed E-state index contributed by atoms with van der Waals surface area (Å²) in [4.78, 5) is 47.2. The molecule has 4 aromatic carbocycles. The fourth-order valence-electron chi connectivity index (χ4n) is 6.59. The maximum Gasteiger partial charge on any atom is 0.446 e. The van der Waals surface area contributed by atoms with E-state index in [2.05, 4.69) is 61.2 Å². The molecule has 0 atom stereocenters. The molecule has 88 heavy (non-hydrogen) atoms. The minimum Gasteiger partial charge on any atom is -0.408 e. The van der Waals surface area contributed by atoms with Crippen molar-refractivity contribution in [3.8, 4) is 6.07 Å². The zero-order valence-corrected chi connectivity index (χ0v) is 46.5. The lowest BCUT2D eigenvalue weighted by Crippen LogP contribution is -2.12. The molecule has 0 aliphatic heterocycles. The van der Waals surface area contributed by atoms with Crippen molar-refractivity contribution in [2.45, 2.75) is 92.0 Å². The van der Waals surface area contributed by atoms with Crippen molar-refractivity contribution >= 4 is 94.7 Å². The molecule has 10 rings (SSSR count). The number of nitriles is 1. The van der Waals surface area contributed by atoms with Gasteiger partial charge in [-0.05, 0) is 146 Å². The summed E-state index contributed by atoms with van der Waals surface area (Å²) < 4.78 is 192. The van der Waals surface area contributed by atoms with Crippen molar-refractivity contribution in [2.24, 2.45) is 0 Å². The molecule has 2 fully saturated rings. The summed E-state index contributed by atoms with van der Waals surface area (Å²) in [7, 11) is 0. The average Bonchev–Trinajstić information content (AvgIpc) is 3.39. The number of rotatable bonds is 15. The monoisotopic (exact) mass is 1330 g/mol. The van der Waals surface area contributed by atoms with Gasteiger partial charge in [0.15, 0.2) is 6.07 Å². The van der Waals surface area contributed by atoms with Gasteiger partial charge in [-0.15, -0.1) is 15.3 Å². The molecular formula is C49H33F14N13O8S4. The Hall–Kier alpha value is -8.77. The van der Waals surface area contributed by atoms with Gasteiger partial charge in [0.05, 0.1) is 0 Å². The van der Waals surface area contributed by atoms with E-state index in [1.165, 1.54) is 72.8 Å². The SMILES string of the molecule is N#Cc1nnc(NC(=O)c2cccc(SC(F)(F)F)c2)o1.O=C(Nc1nnc(C(F)F)o1)c1cccc(SC(F)(F)F)c1.O=C(Nc1nnc(C2CC2)o1)c1cccc(SC(F)(F)F)c1.O=C(Nc1nnc(C2CCC2)o1)c1cccc(SC(F)(F)F)c1. The van der Waals surface area contributed by atoms with Gasteiger partial charge in [0.2, 0.25) is 11.8 Å². The Balaban J connectivity index is 0.000000167. The Morgan fingerprint density at radius 2 is 0.750 bits per heavy atom. The lowest BCUT2D eigenvalue weighted by atomic mass is 9.85. The minimum atomic E-state index is -4.49. The third-order valence-electron chi connectivity index (χ3n) is 10.6. The van der Waals surface area contributed by atoms with E-state index >= 15 is 0 Å². The topological polar surface area (TPSA) is 296 Å². The molecule has 39 heteroatoms. The summed E-state index contributed by atoms with van der Waals surface area (Å²) in [6.07, 6.45) is 2.03. The van der Waals surface area contributed by atoms with Gasteiger partial charge in [0.25, 0.3) is 29.5 Å². The fourth-order valence-corrected chi connectivity index (χ4v) is 8.99. The van der Waals surface area contributed by atoms with E-state index in [-0.39, 0.29) is 125 Å². The van der Waals surface area contributed by atoms with Crippen LogP contribution in [-0.2, 0) is 0 Å². The van der Waals surface area contributed by atoms with Crippen molar-refractivity contribution < 1.29 is 98.3 Å². The Labute approximate surface area is 499 Å². The van der Waals surface area contributed by atoms with E-state index < -0.39 is 64.0 Å². The van der Waals surface area contributed by atoms with Crippen molar-refractivity contribution in [1.82, 2.24) is 40.8 Å². The number of thioether (sulfide) groups is 4. The number of aromatic nitrogens is 8. The van der Waals surface area contributed by atoms with Crippen molar-refractivity contribution in [1.29, 1.82) is 5.26 Å². The Morgan fingerprint density at radius 1 is 0.443 bits per heavy atom. The minimum absolute atomic E-state index is 0.0130.